The molecule has 0 aliphatic carbocycles. The zero-order chi connectivity index (χ0) is 28.9. The molecule has 0 bridgehead atoms. The summed E-state index contributed by atoms with van der Waals surface area (Å²) in [5.74, 6) is 8.49. The lowest BCUT2D eigenvalue weighted by Gasteiger charge is -2.29. The van der Waals surface area contributed by atoms with Crippen molar-refractivity contribution in [2.24, 2.45) is 17.3 Å². The van der Waals surface area contributed by atoms with Crippen LogP contribution < -0.4 is 0 Å². The van der Waals surface area contributed by atoms with Crippen LogP contribution in [0.4, 0.5) is 0 Å². The molecule has 9 nitrogen and oxygen atoms in total. The van der Waals surface area contributed by atoms with Crippen LogP contribution in [0, 0.1) is 29.1 Å². The van der Waals surface area contributed by atoms with Crippen molar-refractivity contribution in [2.75, 3.05) is 44.5 Å². The molecular formula is C27H52O9S2. The maximum atomic E-state index is 10.8. The van der Waals surface area contributed by atoms with Gasteiger partial charge in [-0.1, -0.05) is 44.6 Å². The summed E-state index contributed by atoms with van der Waals surface area (Å²) >= 11 is 1.07. The molecule has 0 spiro atoms. The lowest BCUT2D eigenvalue weighted by molar-refractivity contribution is -0.432. The molecule has 0 rings (SSSR count). The minimum Gasteiger partial charge on any atom is -0.381 e. The molecule has 11 heteroatoms. The summed E-state index contributed by atoms with van der Waals surface area (Å²) in [5.41, 5.74) is -0.721. The maximum absolute atomic E-state index is 10.8. The summed E-state index contributed by atoms with van der Waals surface area (Å²) in [6, 6.07) is 0. The van der Waals surface area contributed by atoms with Gasteiger partial charge in [0.05, 0.1) is 19.0 Å². The Balaban J connectivity index is 4.72. The van der Waals surface area contributed by atoms with Crippen molar-refractivity contribution in [3.63, 3.8) is 0 Å². The molecule has 2 atom stereocenters. The zero-order valence-electron chi connectivity index (χ0n) is 24.3. The van der Waals surface area contributed by atoms with Crippen LogP contribution in [0.25, 0.3) is 0 Å². The van der Waals surface area contributed by atoms with Gasteiger partial charge in [0.25, 0.3) is 10.1 Å². The van der Waals surface area contributed by atoms with Crippen LogP contribution in [0.3, 0.4) is 0 Å². The molecule has 226 valence electrons. The number of ether oxygens (including phenoxy) is 3. The molecule has 0 aliphatic heterocycles. The number of hydrogen-bond acceptors (Lipinski definition) is 9. The minimum absolute atomic E-state index is 0.138. The number of rotatable bonds is 24. The van der Waals surface area contributed by atoms with Crippen LogP contribution in [0.1, 0.15) is 92.9 Å². The van der Waals surface area contributed by atoms with Gasteiger partial charge in [-0.05, 0) is 77.0 Å². The van der Waals surface area contributed by atoms with Crippen molar-refractivity contribution in [2.45, 2.75) is 98.5 Å². The fraction of sp³-hybridized carbons (Fsp3) is 0.926. The Morgan fingerprint density at radius 3 is 2.03 bits per heavy atom. The SMILES string of the molecule is CC(C)CC(C)(C#CC(C)(CC(C)C)OCCOCCCCS(=O)(=O)O)CCCOCCCCSOOO. The van der Waals surface area contributed by atoms with Crippen LogP contribution in [0.15, 0.2) is 0 Å². The van der Waals surface area contributed by atoms with E-state index in [1.807, 2.05) is 6.92 Å². The third kappa shape index (κ3) is 23.5. The van der Waals surface area contributed by atoms with Gasteiger partial charge in [0.2, 0.25) is 0 Å². The van der Waals surface area contributed by atoms with E-state index in [1.165, 1.54) is 0 Å². The second-order valence-electron chi connectivity index (χ2n) is 11.1. The van der Waals surface area contributed by atoms with Crippen molar-refractivity contribution < 1.29 is 41.8 Å². The van der Waals surface area contributed by atoms with E-state index in [-0.39, 0.29) is 11.2 Å². The normalized spacial score (nSPS) is 15.3. The zero-order valence-corrected chi connectivity index (χ0v) is 26.0. The van der Waals surface area contributed by atoms with E-state index in [9.17, 15) is 8.42 Å². The lowest BCUT2D eigenvalue weighted by atomic mass is 9.78. The van der Waals surface area contributed by atoms with Gasteiger partial charge in [0.1, 0.15) is 5.60 Å². The van der Waals surface area contributed by atoms with Gasteiger partial charge in [0.15, 0.2) is 0 Å². The van der Waals surface area contributed by atoms with Crippen molar-refractivity contribution >= 4 is 22.2 Å². The highest BCUT2D eigenvalue weighted by Gasteiger charge is 2.27. The molecule has 0 radical (unpaired) electrons. The first-order chi connectivity index (χ1) is 17.8. The van der Waals surface area contributed by atoms with Gasteiger partial charge >= 0.3 is 0 Å². The van der Waals surface area contributed by atoms with Crippen LogP contribution in [-0.4, -0.2) is 68.4 Å². The first-order valence-corrected chi connectivity index (χ1v) is 16.2. The molecule has 0 saturated carbocycles. The van der Waals surface area contributed by atoms with Gasteiger partial charge in [-0.15, -0.1) is 4.33 Å². The highest BCUT2D eigenvalue weighted by atomic mass is 32.2. The predicted molar refractivity (Wildman–Crippen MR) is 152 cm³/mol. The van der Waals surface area contributed by atoms with E-state index in [1.54, 1.807) is 0 Å². The summed E-state index contributed by atoms with van der Waals surface area (Å²) in [5, 5.41) is 11.7. The molecule has 0 saturated heterocycles. The Morgan fingerprint density at radius 2 is 1.42 bits per heavy atom. The standard InChI is InChI=1S/C27H52O9S2/c1-24(2)22-26(5,12-11-17-32-15-7-9-20-37-36-35-28)13-14-27(6,23-25(3)4)34-19-18-33-16-8-10-21-38(29,30)31/h24-25,28H,7-12,15-23H2,1-6H3,(H,29,30,31). The second kappa shape index (κ2) is 21.3. The molecule has 0 aromatic heterocycles. The summed E-state index contributed by atoms with van der Waals surface area (Å²) < 4.78 is 52.2. The van der Waals surface area contributed by atoms with E-state index < -0.39 is 15.7 Å². The first kappa shape index (κ1) is 37.6. The smallest absolute Gasteiger partial charge is 0.264 e. The summed E-state index contributed by atoms with van der Waals surface area (Å²) in [7, 11) is -3.91. The van der Waals surface area contributed by atoms with Crippen molar-refractivity contribution in [1.29, 1.82) is 0 Å². The summed E-state index contributed by atoms with van der Waals surface area (Å²) in [6.45, 7) is 15.6. The van der Waals surface area contributed by atoms with Crippen molar-refractivity contribution in [3.8, 4) is 11.8 Å². The van der Waals surface area contributed by atoms with Crippen LogP contribution in [0.5, 0.6) is 0 Å². The molecule has 2 unspecified atom stereocenters. The molecule has 0 aromatic rings. The van der Waals surface area contributed by atoms with Gasteiger partial charge < -0.3 is 14.2 Å². The average molecular weight is 585 g/mol. The molecule has 0 heterocycles. The monoisotopic (exact) mass is 584 g/mol. The summed E-state index contributed by atoms with van der Waals surface area (Å²) in [4.78, 5) is 0. The molecule has 0 amide bonds. The van der Waals surface area contributed by atoms with E-state index in [0.29, 0.717) is 57.7 Å². The number of unbranched alkanes of at least 4 members (excludes halogenated alkanes) is 2. The van der Waals surface area contributed by atoms with E-state index in [0.717, 1.165) is 56.3 Å². The first-order valence-electron chi connectivity index (χ1n) is 13.7. The number of hydrogen-bond donors (Lipinski definition) is 2. The largest absolute Gasteiger partial charge is 0.381 e. The molecule has 0 aliphatic rings. The second-order valence-corrected chi connectivity index (χ2v) is 13.4. The minimum atomic E-state index is -3.91. The Hall–Kier alpha value is -0.420. The van der Waals surface area contributed by atoms with Gasteiger partial charge in [-0.25, -0.2) is 5.26 Å². The quantitative estimate of drug-likeness (QED) is 0.0339. The van der Waals surface area contributed by atoms with Gasteiger partial charge in [-0.2, -0.15) is 8.42 Å². The van der Waals surface area contributed by atoms with Crippen LogP contribution >= 0.6 is 12.0 Å². The van der Waals surface area contributed by atoms with Crippen LogP contribution in [0.2, 0.25) is 0 Å². The van der Waals surface area contributed by atoms with Gasteiger partial charge in [-0.3, -0.25) is 4.55 Å². The highest BCUT2D eigenvalue weighted by Crippen LogP contribution is 2.32. The van der Waals surface area contributed by atoms with E-state index in [2.05, 4.69) is 55.8 Å². The fourth-order valence-corrected chi connectivity index (χ4v) is 5.33. The molecule has 38 heavy (non-hydrogen) atoms. The van der Waals surface area contributed by atoms with Crippen molar-refractivity contribution in [3.05, 3.63) is 0 Å². The third-order valence-electron chi connectivity index (χ3n) is 5.74. The molecule has 0 aromatic carbocycles. The van der Waals surface area contributed by atoms with Gasteiger partial charge in [0, 0.05) is 43.0 Å². The Bertz CT molecular complexity index is 749. The van der Waals surface area contributed by atoms with Crippen molar-refractivity contribution in [1.82, 2.24) is 0 Å². The Kier molecular flexibility index (Phi) is 21.1. The maximum Gasteiger partial charge on any atom is 0.264 e. The third-order valence-corrected chi connectivity index (χ3v) is 7.15. The summed E-state index contributed by atoms with van der Waals surface area (Å²) in [6.07, 6.45) is 6.45. The fourth-order valence-electron chi connectivity index (χ4n) is 4.33. The molecule has 0 fully saturated rings. The lowest BCUT2D eigenvalue weighted by Crippen LogP contribution is -2.31. The van der Waals surface area contributed by atoms with Crippen LogP contribution in [-0.2, 0) is 33.7 Å². The average Bonchev–Trinajstić information content (AvgIpc) is 2.79. The van der Waals surface area contributed by atoms with E-state index >= 15 is 0 Å². The highest BCUT2D eigenvalue weighted by molar-refractivity contribution is 7.94. The predicted octanol–water partition coefficient (Wildman–Crippen LogP) is 6.19. The molecular weight excluding hydrogens is 532 g/mol. The topological polar surface area (TPSA) is 121 Å². The Morgan fingerprint density at radius 1 is 0.816 bits per heavy atom. The van der Waals surface area contributed by atoms with E-state index in [4.69, 9.17) is 24.0 Å². The molecule has 2 N–H and O–H groups in total. The Labute approximate surface area is 235 Å².